The van der Waals surface area contributed by atoms with E-state index in [1.165, 1.54) is 29.5 Å². The van der Waals surface area contributed by atoms with Gasteiger partial charge in [0, 0.05) is 11.6 Å². The number of thiazole rings is 1. The fourth-order valence-corrected chi connectivity index (χ4v) is 3.31. The highest BCUT2D eigenvalue weighted by Crippen LogP contribution is 2.28. The number of nitro benzene ring substituents is 1. The van der Waals surface area contributed by atoms with Gasteiger partial charge in [0.05, 0.1) is 15.6 Å². The number of nitrogens with one attached hydrogen (secondary N) is 1. The molecule has 28 heavy (non-hydrogen) atoms. The molecule has 0 saturated carbocycles. The first-order valence-corrected chi connectivity index (χ1v) is 9.00. The SMILES string of the molecule is Cc1nc(-c2ccccc2)c(C(=O)OCC(=O)Nc2ccccc2[N+](=O)[O-])s1. The van der Waals surface area contributed by atoms with Crippen molar-refractivity contribution in [2.45, 2.75) is 6.92 Å². The van der Waals surface area contributed by atoms with E-state index < -0.39 is 23.4 Å². The maximum atomic E-state index is 12.4. The molecule has 142 valence electrons. The molecule has 0 bridgehead atoms. The van der Waals surface area contributed by atoms with E-state index in [9.17, 15) is 19.7 Å². The van der Waals surface area contributed by atoms with Crippen LogP contribution < -0.4 is 5.32 Å². The minimum Gasteiger partial charge on any atom is -0.451 e. The molecule has 0 radical (unpaired) electrons. The molecule has 3 rings (SSSR count). The molecule has 0 fully saturated rings. The number of aromatic nitrogens is 1. The molecule has 2 aromatic carbocycles. The van der Waals surface area contributed by atoms with Crippen LogP contribution in [0.1, 0.15) is 14.7 Å². The number of aryl methyl sites for hydroxylation is 1. The van der Waals surface area contributed by atoms with Gasteiger partial charge < -0.3 is 10.1 Å². The predicted octanol–water partition coefficient (Wildman–Crippen LogP) is 3.82. The van der Waals surface area contributed by atoms with Crippen molar-refractivity contribution < 1.29 is 19.2 Å². The van der Waals surface area contributed by atoms with Gasteiger partial charge in [-0.1, -0.05) is 42.5 Å². The van der Waals surface area contributed by atoms with E-state index in [1.54, 1.807) is 13.0 Å². The number of amides is 1. The molecular weight excluding hydrogens is 382 g/mol. The van der Waals surface area contributed by atoms with Gasteiger partial charge in [-0.3, -0.25) is 14.9 Å². The Labute approximate surface area is 164 Å². The van der Waals surface area contributed by atoms with Crippen LogP contribution in [0.3, 0.4) is 0 Å². The van der Waals surface area contributed by atoms with Gasteiger partial charge in [0.1, 0.15) is 10.6 Å². The zero-order valence-corrected chi connectivity index (χ0v) is 15.6. The van der Waals surface area contributed by atoms with E-state index in [4.69, 9.17) is 4.74 Å². The van der Waals surface area contributed by atoms with Crippen LogP contribution in [0.25, 0.3) is 11.3 Å². The second kappa shape index (κ2) is 8.40. The van der Waals surface area contributed by atoms with Crippen molar-refractivity contribution in [3.05, 3.63) is 74.6 Å². The summed E-state index contributed by atoms with van der Waals surface area (Å²) in [6.07, 6.45) is 0. The van der Waals surface area contributed by atoms with Crippen LogP contribution in [0.5, 0.6) is 0 Å². The molecule has 0 aliphatic heterocycles. The standard InChI is InChI=1S/C19H15N3O5S/c1-12-20-17(13-7-3-2-4-8-13)18(28-12)19(24)27-11-16(23)21-14-9-5-6-10-15(14)22(25)26/h2-10H,11H2,1H3,(H,21,23). The second-order valence-electron chi connectivity index (χ2n) is 5.68. The van der Waals surface area contributed by atoms with Crippen molar-refractivity contribution in [1.82, 2.24) is 4.98 Å². The number of ether oxygens (including phenoxy) is 1. The summed E-state index contributed by atoms with van der Waals surface area (Å²) in [5.74, 6) is -1.35. The molecule has 0 atom stereocenters. The molecule has 0 spiro atoms. The van der Waals surface area contributed by atoms with Gasteiger partial charge in [-0.15, -0.1) is 11.3 Å². The largest absolute Gasteiger partial charge is 0.451 e. The van der Waals surface area contributed by atoms with Crippen molar-refractivity contribution in [2.24, 2.45) is 0 Å². The Bertz CT molecular complexity index is 1030. The number of hydrogen-bond acceptors (Lipinski definition) is 7. The van der Waals surface area contributed by atoms with Crippen LogP contribution >= 0.6 is 11.3 Å². The lowest BCUT2D eigenvalue weighted by atomic mass is 10.1. The number of esters is 1. The van der Waals surface area contributed by atoms with Crippen molar-refractivity contribution in [3.8, 4) is 11.3 Å². The van der Waals surface area contributed by atoms with Gasteiger partial charge in [0.25, 0.3) is 11.6 Å². The Morgan fingerprint density at radius 3 is 2.54 bits per heavy atom. The molecule has 1 N–H and O–H groups in total. The topological polar surface area (TPSA) is 111 Å². The quantitative estimate of drug-likeness (QED) is 0.384. The lowest BCUT2D eigenvalue weighted by Crippen LogP contribution is -2.21. The second-order valence-corrected chi connectivity index (χ2v) is 6.88. The summed E-state index contributed by atoms with van der Waals surface area (Å²) in [5, 5.41) is 14.1. The molecule has 0 aliphatic rings. The molecular formula is C19H15N3O5S. The first-order valence-electron chi connectivity index (χ1n) is 8.19. The zero-order chi connectivity index (χ0) is 20.1. The van der Waals surface area contributed by atoms with E-state index in [1.807, 2.05) is 30.3 Å². The van der Waals surface area contributed by atoms with E-state index in [0.717, 1.165) is 5.56 Å². The van der Waals surface area contributed by atoms with Gasteiger partial charge in [-0.2, -0.15) is 0 Å². The summed E-state index contributed by atoms with van der Waals surface area (Å²) >= 11 is 1.17. The normalized spacial score (nSPS) is 10.3. The number of anilines is 1. The lowest BCUT2D eigenvalue weighted by molar-refractivity contribution is -0.383. The van der Waals surface area contributed by atoms with Crippen LogP contribution in [0.2, 0.25) is 0 Å². The van der Waals surface area contributed by atoms with Crippen LogP contribution in [-0.2, 0) is 9.53 Å². The number of carbonyl (C=O) groups is 2. The van der Waals surface area contributed by atoms with E-state index in [2.05, 4.69) is 10.3 Å². The molecule has 1 aromatic heterocycles. The third-order valence-electron chi connectivity index (χ3n) is 3.68. The van der Waals surface area contributed by atoms with Crippen LogP contribution in [0.4, 0.5) is 11.4 Å². The Morgan fingerprint density at radius 2 is 1.82 bits per heavy atom. The van der Waals surface area contributed by atoms with Gasteiger partial charge in [0.15, 0.2) is 6.61 Å². The van der Waals surface area contributed by atoms with Gasteiger partial charge in [-0.25, -0.2) is 9.78 Å². The molecule has 0 saturated heterocycles. The molecule has 1 amide bonds. The van der Waals surface area contributed by atoms with Crippen molar-refractivity contribution in [1.29, 1.82) is 0 Å². The average Bonchev–Trinajstić information content (AvgIpc) is 3.09. The van der Waals surface area contributed by atoms with Gasteiger partial charge >= 0.3 is 5.97 Å². The van der Waals surface area contributed by atoms with Crippen molar-refractivity contribution >= 4 is 34.6 Å². The van der Waals surface area contributed by atoms with Crippen LogP contribution in [-0.4, -0.2) is 28.4 Å². The first kappa shape index (κ1) is 19.2. The molecule has 3 aromatic rings. The maximum absolute atomic E-state index is 12.4. The smallest absolute Gasteiger partial charge is 0.351 e. The summed E-state index contributed by atoms with van der Waals surface area (Å²) in [4.78, 5) is 39.6. The number of nitro groups is 1. The Morgan fingerprint density at radius 1 is 1.14 bits per heavy atom. The van der Waals surface area contributed by atoms with Gasteiger partial charge in [-0.05, 0) is 13.0 Å². The minimum atomic E-state index is -0.679. The number of nitrogens with zero attached hydrogens (tertiary/aromatic N) is 2. The highest BCUT2D eigenvalue weighted by Gasteiger charge is 2.21. The lowest BCUT2D eigenvalue weighted by Gasteiger charge is -2.07. The zero-order valence-electron chi connectivity index (χ0n) is 14.7. The Kier molecular flexibility index (Phi) is 5.75. The predicted molar refractivity (Wildman–Crippen MR) is 104 cm³/mol. The number of benzene rings is 2. The van der Waals surface area contributed by atoms with E-state index >= 15 is 0 Å². The summed E-state index contributed by atoms with van der Waals surface area (Å²) in [6.45, 7) is 1.20. The number of rotatable bonds is 6. The Hall–Kier alpha value is -3.59. The molecule has 0 aliphatic carbocycles. The average molecular weight is 397 g/mol. The first-order chi connectivity index (χ1) is 13.5. The maximum Gasteiger partial charge on any atom is 0.351 e. The minimum absolute atomic E-state index is 0.0344. The van der Waals surface area contributed by atoms with Gasteiger partial charge in [0.2, 0.25) is 0 Å². The summed E-state index contributed by atoms with van der Waals surface area (Å²) < 4.78 is 5.09. The van der Waals surface area contributed by atoms with Crippen molar-refractivity contribution in [3.63, 3.8) is 0 Å². The third-order valence-corrected chi connectivity index (χ3v) is 4.63. The van der Waals surface area contributed by atoms with Crippen LogP contribution in [0.15, 0.2) is 54.6 Å². The van der Waals surface area contributed by atoms with E-state index in [-0.39, 0.29) is 11.4 Å². The van der Waals surface area contributed by atoms with E-state index in [0.29, 0.717) is 15.6 Å². The highest BCUT2D eigenvalue weighted by molar-refractivity contribution is 7.14. The summed E-state index contributed by atoms with van der Waals surface area (Å²) in [7, 11) is 0. The summed E-state index contributed by atoms with van der Waals surface area (Å²) in [6, 6.07) is 14.9. The fraction of sp³-hybridized carbons (Fsp3) is 0.105. The number of para-hydroxylation sites is 2. The van der Waals surface area contributed by atoms with Crippen molar-refractivity contribution in [2.75, 3.05) is 11.9 Å². The summed E-state index contributed by atoms with van der Waals surface area (Å²) in [5.41, 5.74) is 1.05. The molecule has 0 unspecified atom stereocenters. The highest BCUT2D eigenvalue weighted by atomic mass is 32.1. The fourth-order valence-electron chi connectivity index (χ4n) is 2.48. The number of hydrogen-bond donors (Lipinski definition) is 1. The molecule has 8 nitrogen and oxygen atoms in total. The Balaban J connectivity index is 1.68. The monoisotopic (exact) mass is 397 g/mol. The molecule has 9 heteroatoms. The third kappa shape index (κ3) is 4.38. The van der Waals surface area contributed by atoms with Crippen LogP contribution in [0, 0.1) is 17.0 Å². The number of carbonyl (C=O) groups excluding carboxylic acids is 2. The molecule has 1 heterocycles.